The number of aromatic hydroxyl groups is 1. The van der Waals surface area contributed by atoms with Gasteiger partial charge in [-0.15, -0.1) is 0 Å². The van der Waals surface area contributed by atoms with E-state index in [1.54, 1.807) is 57.2 Å². The Morgan fingerprint density at radius 1 is 1.22 bits per heavy atom. The van der Waals surface area contributed by atoms with Gasteiger partial charge >= 0.3 is 0 Å². The molecule has 2 heterocycles. The maximum atomic E-state index is 12.4. The number of aryl methyl sites for hydroxylation is 1. The molecule has 0 fully saturated rings. The fourth-order valence-corrected chi connectivity index (χ4v) is 3.70. The van der Waals surface area contributed by atoms with Crippen LogP contribution in [0.15, 0.2) is 47.5 Å². The monoisotopic (exact) mass is 381 g/mol. The molecule has 138 valence electrons. The van der Waals surface area contributed by atoms with Crippen molar-refractivity contribution >= 4 is 9.73 Å². The van der Waals surface area contributed by atoms with Gasteiger partial charge in [-0.25, -0.2) is 14.0 Å². The van der Waals surface area contributed by atoms with Crippen LogP contribution in [0.4, 0.5) is 0 Å². The number of pyridine rings is 1. The minimum atomic E-state index is -2.92. The average molecular weight is 381 g/mol. The summed E-state index contributed by atoms with van der Waals surface area (Å²) in [5.74, 6) is 0.283. The van der Waals surface area contributed by atoms with Gasteiger partial charge in [0.15, 0.2) is 5.82 Å². The second kappa shape index (κ2) is 6.85. The zero-order valence-corrected chi connectivity index (χ0v) is 16.0. The highest BCUT2D eigenvalue weighted by molar-refractivity contribution is 7.93. The highest BCUT2D eigenvalue weighted by Crippen LogP contribution is 2.34. The van der Waals surface area contributed by atoms with Crippen molar-refractivity contribution < 1.29 is 9.32 Å². The van der Waals surface area contributed by atoms with Gasteiger partial charge in [0.1, 0.15) is 0 Å². The first-order chi connectivity index (χ1) is 12.8. The predicted molar refractivity (Wildman–Crippen MR) is 102 cm³/mol. The van der Waals surface area contributed by atoms with Crippen molar-refractivity contribution in [1.82, 2.24) is 14.8 Å². The van der Waals surface area contributed by atoms with Gasteiger partial charge in [-0.05, 0) is 50.6 Å². The lowest BCUT2D eigenvalue weighted by atomic mass is 10.0. The van der Waals surface area contributed by atoms with Crippen molar-refractivity contribution in [2.24, 2.45) is 0 Å². The van der Waals surface area contributed by atoms with Crippen molar-refractivity contribution in [2.45, 2.75) is 30.9 Å². The number of hydrogen-bond acceptors (Lipinski definition) is 6. The van der Waals surface area contributed by atoms with Crippen LogP contribution in [0.1, 0.15) is 25.1 Å². The Morgan fingerprint density at radius 2 is 1.89 bits per heavy atom. The van der Waals surface area contributed by atoms with Gasteiger partial charge in [0.05, 0.1) is 37.5 Å². The van der Waals surface area contributed by atoms with Crippen LogP contribution in [0.2, 0.25) is 0 Å². The zero-order valence-electron chi connectivity index (χ0n) is 15.2. The molecular formula is C19H19N5O2S. The minimum Gasteiger partial charge on any atom is -0.493 e. The van der Waals surface area contributed by atoms with E-state index in [1.807, 2.05) is 0 Å². The number of nitrogens with zero attached hydrogens (tertiary/aromatic N) is 4. The van der Waals surface area contributed by atoms with Crippen LogP contribution in [-0.4, -0.2) is 29.3 Å². The average Bonchev–Trinajstić information content (AvgIpc) is 2.96. The van der Waals surface area contributed by atoms with Gasteiger partial charge < -0.3 is 5.11 Å². The van der Waals surface area contributed by atoms with Gasteiger partial charge in [-0.2, -0.15) is 15.0 Å². The molecule has 0 spiro atoms. The number of hydrogen-bond donors (Lipinski definition) is 2. The summed E-state index contributed by atoms with van der Waals surface area (Å²) in [6, 6.07) is 12.1. The third-order valence-electron chi connectivity index (χ3n) is 4.29. The SMILES string of the molecule is Cc1nn(-c2ccc([S@@](=N)(=O)C(C)C)cn2)c(O)c1-c1ccc(C#N)cc1. The maximum absolute atomic E-state index is 12.4. The van der Waals surface area contributed by atoms with E-state index in [4.69, 9.17) is 10.0 Å². The Hall–Kier alpha value is -3.18. The van der Waals surface area contributed by atoms with Crippen molar-refractivity contribution in [3.63, 3.8) is 0 Å². The predicted octanol–water partition coefficient (Wildman–Crippen LogP) is 3.63. The molecule has 8 heteroatoms. The Balaban J connectivity index is 2.03. The molecule has 0 bridgehead atoms. The van der Waals surface area contributed by atoms with Crippen molar-refractivity contribution in [3.8, 4) is 28.9 Å². The number of nitriles is 1. The number of rotatable bonds is 4. The van der Waals surface area contributed by atoms with Crippen LogP contribution < -0.4 is 0 Å². The Bertz CT molecular complexity index is 1120. The molecular weight excluding hydrogens is 362 g/mol. The lowest BCUT2D eigenvalue weighted by Gasteiger charge is -2.11. The summed E-state index contributed by atoms with van der Waals surface area (Å²) in [7, 11) is -2.92. The maximum Gasteiger partial charge on any atom is 0.223 e. The third-order valence-corrected chi connectivity index (χ3v) is 6.56. The first-order valence-electron chi connectivity index (χ1n) is 8.29. The summed E-state index contributed by atoms with van der Waals surface area (Å²) in [5.41, 5.74) is 2.43. The highest BCUT2D eigenvalue weighted by atomic mass is 32.2. The second-order valence-electron chi connectivity index (χ2n) is 6.39. The van der Waals surface area contributed by atoms with Gasteiger partial charge in [-0.3, -0.25) is 0 Å². The van der Waals surface area contributed by atoms with E-state index in [2.05, 4.69) is 16.2 Å². The number of nitrogens with one attached hydrogen (secondary N) is 1. The van der Waals surface area contributed by atoms with Crippen LogP contribution >= 0.6 is 0 Å². The summed E-state index contributed by atoms with van der Waals surface area (Å²) in [6.07, 6.45) is 1.39. The molecule has 0 saturated carbocycles. The van der Waals surface area contributed by atoms with E-state index < -0.39 is 9.73 Å². The summed E-state index contributed by atoms with van der Waals surface area (Å²) in [4.78, 5) is 4.58. The molecule has 2 aromatic heterocycles. The van der Waals surface area contributed by atoms with E-state index in [9.17, 15) is 9.32 Å². The molecule has 0 aliphatic carbocycles. The molecule has 0 amide bonds. The molecule has 1 aromatic carbocycles. The molecule has 0 aliphatic heterocycles. The van der Waals surface area contributed by atoms with Crippen molar-refractivity contribution in [2.75, 3.05) is 0 Å². The van der Waals surface area contributed by atoms with Crippen molar-refractivity contribution in [1.29, 1.82) is 10.0 Å². The zero-order chi connectivity index (χ0) is 19.8. The molecule has 0 aliphatic rings. The van der Waals surface area contributed by atoms with E-state index >= 15 is 0 Å². The van der Waals surface area contributed by atoms with E-state index in [-0.39, 0.29) is 11.1 Å². The first kappa shape index (κ1) is 18.6. The first-order valence-corrected chi connectivity index (χ1v) is 9.91. The third kappa shape index (κ3) is 3.29. The molecule has 2 N–H and O–H groups in total. The molecule has 0 radical (unpaired) electrons. The topological polar surface area (TPSA) is 116 Å². The fraction of sp³-hybridized carbons (Fsp3) is 0.211. The van der Waals surface area contributed by atoms with Crippen LogP contribution in [0.3, 0.4) is 0 Å². The Kier molecular flexibility index (Phi) is 4.72. The fourth-order valence-electron chi connectivity index (χ4n) is 2.67. The largest absolute Gasteiger partial charge is 0.493 e. The lowest BCUT2D eigenvalue weighted by molar-refractivity contribution is 0.433. The lowest BCUT2D eigenvalue weighted by Crippen LogP contribution is -2.13. The molecule has 0 saturated heterocycles. The number of benzene rings is 1. The molecule has 0 unspecified atom stereocenters. The number of aromatic nitrogens is 3. The van der Waals surface area contributed by atoms with Gasteiger partial charge in [0, 0.05) is 11.4 Å². The van der Waals surface area contributed by atoms with Crippen LogP contribution in [-0.2, 0) is 9.73 Å². The standard InChI is InChI=1S/C19H19N5O2S/c1-12(2)27(21,26)16-8-9-17(22-11-16)24-19(25)18(13(3)23-24)15-6-4-14(10-20)5-7-15/h4-9,11-12,21,25H,1-3H3/t27-/m0/s1. The smallest absolute Gasteiger partial charge is 0.223 e. The van der Waals surface area contributed by atoms with Crippen LogP contribution in [0.5, 0.6) is 5.88 Å². The van der Waals surface area contributed by atoms with E-state index in [1.165, 1.54) is 10.9 Å². The quantitative estimate of drug-likeness (QED) is 0.716. The van der Waals surface area contributed by atoms with Gasteiger partial charge in [0.2, 0.25) is 5.88 Å². The molecule has 7 nitrogen and oxygen atoms in total. The molecule has 1 atom stereocenters. The molecule has 3 aromatic rings. The second-order valence-corrected chi connectivity index (χ2v) is 9.00. The van der Waals surface area contributed by atoms with Crippen LogP contribution in [0, 0.1) is 23.0 Å². The van der Waals surface area contributed by atoms with Crippen molar-refractivity contribution in [3.05, 3.63) is 53.9 Å². The highest BCUT2D eigenvalue weighted by Gasteiger charge is 2.19. The molecule has 27 heavy (non-hydrogen) atoms. The Morgan fingerprint density at radius 3 is 2.41 bits per heavy atom. The summed E-state index contributed by atoms with van der Waals surface area (Å²) in [5, 5.41) is 23.6. The van der Waals surface area contributed by atoms with Gasteiger partial charge in [0.25, 0.3) is 0 Å². The summed E-state index contributed by atoms with van der Waals surface area (Å²) >= 11 is 0. The molecule has 3 rings (SSSR count). The van der Waals surface area contributed by atoms with Crippen LogP contribution in [0.25, 0.3) is 16.9 Å². The summed E-state index contributed by atoms with van der Waals surface area (Å²) < 4.78 is 21.7. The Labute approximate surface area is 157 Å². The summed E-state index contributed by atoms with van der Waals surface area (Å²) in [6.45, 7) is 5.24. The van der Waals surface area contributed by atoms with E-state index in [0.29, 0.717) is 27.5 Å². The van der Waals surface area contributed by atoms with Gasteiger partial charge in [-0.1, -0.05) is 12.1 Å². The normalized spacial score (nSPS) is 13.3. The van der Waals surface area contributed by atoms with E-state index in [0.717, 1.165) is 5.56 Å². The minimum absolute atomic E-state index is 0.0760.